The summed E-state index contributed by atoms with van der Waals surface area (Å²) in [7, 11) is 3.53. The summed E-state index contributed by atoms with van der Waals surface area (Å²) in [5.74, 6) is 1.95. The van der Waals surface area contributed by atoms with Crippen LogP contribution in [0.1, 0.15) is 27.2 Å². The summed E-state index contributed by atoms with van der Waals surface area (Å²) in [4.78, 5) is 11.2. The van der Waals surface area contributed by atoms with Crippen molar-refractivity contribution in [3.8, 4) is 0 Å². The van der Waals surface area contributed by atoms with Crippen molar-refractivity contribution in [3.63, 3.8) is 0 Å². The van der Waals surface area contributed by atoms with E-state index in [-0.39, 0.29) is 6.09 Å². The van der Waals surface area contributed by atoms with Crippen molar-refractivity contribution in [3.05, 3.63) is 0 Å². The molecule has 3 N–H and O–H groups in total. The highest BCUT2D eigenvalue weighted by Crippen LogP contribution is 2.20. The SMILES string of the molecule is CC(C)(C)OC(=O)NCCSSCCCN. The Balaban J connectivity index is 3.28. The average Bonchev–Trinajstić information content (AvgIpc) is 2.13. The van der Waals surface area contributed by atoms with E-state index in [0.717, 1.165) is 24.5 Å². The van der Waals surface area contributed by atoms with Crippen LogP contribution >= 0.6 is 21.6 Å². The Bertz CT molecular complexity index is 196. The fraction of sp³-hybridized carbons (Fsp3) is 0.900. The molecule has 0 radical (unpaired) electrons. The summed E-state index contributed by atoms with van der Waals surface area (Å²) in [5.41, 5.74) is 4.95. The van der Waals surface area contributed by atoms with E-state index in [4.69, 9.17) is 10.5 Å². The van der Waals surface area contributed by atoms with E-state index in [1.165, 1.54) is 0 Å². The van der Waals surface area contributed by atoms with E-state index in [0.29, 0.717) is 6.54 Å². The number of carbonyl (C=O) groups is 1. The third kappa shape index (κ3) is 12.0. The van der Waals surface area contributed by atoms with Gasteiger partial charge in [-0.05, 0) is 33.7 Å². The van der Waals surface area contributed by atoms with Gasteiger partial charge in [0.25, 0.3) is 0 Å². The maximum Gasteiger partial charge on any atom is 0.407 e. The van der Waals surface area contributed by atoms with Crippen LogP contribution in [0.2, 0.25) is 0 Å². The van der Waals surface area contributed by atoms with Gasteiger partial charge < -0.3 is 15.8 Å². The standard InChI is InChI=1S/C10H22N2O2S2/c1-10(2,3)14-9(13)12-6-8-16-15-7-4-5-11/h4-8,11H2,1-3H3,(H,12,13). The van der Waals surface area contributed by atoms with Crippen molar-refractivity contribution in [1.29, 1.82) is 0 Å². The summed E-state index contributed by atoms with van der Waals surface area (Å²) in [6, 6.07) is 0. The third-order valence-corrected chi connectivity index (χ3v) is 3.86. The molecular weight excluding hydrogens is 244 g/mol. The molecule has 0 saturated heterocycles. The van der Waals surface area contributed by atoms with Gasteiger partial charge in [0.2, 0.25) is 0 Å². The van der Waals surface area contributed by atoms with Gasteiger partial charge >= 0.3 is 6.09 Å². The van der Waals surface area contributed by atoms with E-state index >= 15 is 0 Å². The second kappa shape index (κ2) is 9.01. The number of hydrogen-bond acceptors (Lipinski definition) is 5. The van der Waals surface area contributed by atoms with Crippen LogP contribution in [-0.4, -0.2) is 36.3 Å². The molecule has 1 amide bonds. The maximum absolute atomic E-state index is 11.2. The first-order chi connectivity index (χ1) is 7.45. The molecule has 4 nitrogen and oxygen atoms in total. The van der Waals surface area contributed by atoms with Crippen molar-refractivity contribution in [2.75, 3.05) is 24.6 Å². The minimum atomic E-state index is -0.424. The highest BCUT2D eigenvalue weighted by atomic mass is 33.1. The van der Waals surface area contributed by atoms with Crippen LogP contribution < -0.4 is 11.1 Å². The molecule has 0 unspecified atom stereocenters. The van der Waals surface area contributed by atoms with Gasteiger partial charge in [-0.15, -0.1) is 0 Å². The van der Waals surface area contributed by atoms with Crippen molar-refractivity contribution >= 4 is 27.7 Å². The first-order valence-corrected chi connectivity index (χ1v) is 7.86. The second-order valence-electron chi connectivity index (χ2n) is 4.21. The van der Waals surface area contributed by atoms with Crippen LogP contribution in [-0.2, 0) is 4.74 Å². The average molecular weight is 266 g/mol. The molecule has 0 bridgehead atoms. The lowest BCUT2D eigenvalue weighted by Gasteiger charge is -2.19. The van der Waals surface area contributed by atoms with E-state index in [9.17, 15) is 4.79 Å². The van der Waals surface area contributed by atoms with Gasteiger partial charge in [0.15, 0.2) is 0 Å². The molecule has 0 aliphatic carbocycles. The number of alkyl carbamates (subject to hydrolysis) is 1. The summed E-state index contributed by atoms with van der Waals surface area (Å²) in [6.07, 6.45) is 0.692. The zero-order chi connectivity index (χ0) is 12.4. The third-order valence-electron chi connectivity index (χ3n) is 1.37. The molecule has 0 fully saturated rings. The molecule has 0 heterocycles. The minimum absolute atomic E-state index is 0.347. The predicted molar refractivity (Wildman–Crippen MR) is 72.8 cm³/mol. The molecule has 96 valence electrons. The normalized spacial score (nSPS) is 11.2. The molecule has 0 aromatic carbocycles. The Morgan fingerprint density at radius 3 is 2.50 bits per heavy atom. The summed E-state index contributed by atoms with van der Waals surface area (Å²) in [5, 5.41) is 2.71. The molecule has 16 heavy (non-hydrogen) atoms. The largest absolute Gasteiger partial charge is 0.444 e. The predicted octanol–water partition coefficient (Wildman–Crippen LogP) is 2.24. The van der Waals surface area contributed by atoms with Crippen molar-refractivity contribution < 1.29 is 9.53 Å². The fourth-order valence-corrected chi connectivity index (χ4v) is 2.79. The lowest BCUT2D eigenvalue weighted by molar-refractivity contribution is 0.0531. The lowest BCUT2D eigenvalue weighted by Crippen LogP contribution is -2.33. The summed E-state index contributed by atoms with van der Waals surface area (Å²) >= 11 is 0. The first-order valence-electron chi connectivity index (χ1n) is 5.37. The van der Waals surface area contributed by atoms with Crippen LogP contribution in [0.3, 0.4) is 0 Å². The molecule has 0 aromatic heterocycles. The summed E-state index contributed by atoms with van der Waals surface area (Å²) in [6.45, 7) is 6.93. The Hall–Kier alpha value is -0.0700. The molecular formula is C10H22N2O2S2. The van der Waals surface area contributed by atoms with Crippen LogP contribution in [0.15, 0.2) is 0 Å². The second-order valence-corrected chi connectivity index (χ2v) is 6.92. The molecule has 0 aliphatic heterocycles. The van der Waals surface area contributed by atoms with Gasteiger partial charge in [-0.2, -0.15) is 0 Å². The summed E-state index contributed by atoms with van der Waals surface area (Å²) < 4.78 is 5.10. The fourth-order valence-electron chi connectivity index (χ4n) is 0.769. The van der Waals surface area contributed by atoms with Crippen LogP contribution in [0.25, 0.3) is 0 Å². The van der Waals surface area contributed by atoms with Gasteiger partial charge in [-0.25, -0.2) is 4.79 Å². The highest BCUT2D eigenvalue weighted by Gasteiger charge is 2.15. The number of carbonyl (C=O) groups excluding carboxylic acids is 1. The molecule has 0 atom stereocenters. The minimum Gasteiger partial charge on any atom is -0.444 e. The molecule has 0 saturated carbocycles. The monoisotopic (exact) mass is 266 g/mol. The number of hydrogen-bond donors (Lipinski definition) is 2. The number of ether oxygens (including phenoxy) is 1. The van der Waals surface area contributed by atoms with Gasteiger partial charge in [0, 0.05) is 18.1 Å². The lowest BCUT2D eigenvalue weighted by atomic mass is 10.2. The van der Waals surface area contributed by atoms with Crippen molar-refractivity contribution in [1.82, 2.24) is 5.32 Å². The molecule has 0 aromatic rings. The van der Waals surface area contributed by atoms with Gasteiger partial charge in [0.05, 0.1) is 0 Å². The van der Waals surface area contributed by atoms with E-state index in [1.54, 1.807) is 21.6 Å². The smallest absolute Gasteiger partial charge is 0.407 e. The number of rotatable bonds is 7. The zero-order valence-electron chi connectivity index (χ0n) is 10.2. The number of amides is 1. The highest BCUT2D eigenvalue weighted by molar-refractivity contribution is 8.76. The Kier molecular flexibility index (Phi) is 8.97. The van der Waals surface area contributed by atoms with Crippen LogP contribution in [0, 0.1) is 0 Å². The van der Waals surface area contributed by atoms with Crippen LogP contribution in [0.5, 0.6) is 0 Å². The Morgan fingerprint density at radius 1 is 1.31 bits per heavy atom. The van der Waals surface area contributed by atoms with Gasteiger partial charge in [-0.3, -0.25) is 0 Å². The number of nitrogens with two attached hydrogens (primary N) is 1. The number of nitrogens with one attached hydrogen (secondary N) is 1. The van der Waals surface area contributed by atoms with E-state index in [2.05, 4.69) is 5.32 Å². The van der Waals surface area contributed by atoms with Gasteiger partial charge in [-0.1, -0.05) is 21.6 Å². The molecule has 0 spiro atoms. The van der Waals surface area contributed by atoms with E-state index < -0.39 is 5.60 Å². The topological polar surface area (TPSA) is 64.3 Å². The first kappa shape index (κ1) is 15.9. The molecule has 6 heteroatoms. The molecule has 0 rings (SSSR count). The molecule has 0 aliphatic rings. The maximum atomic E-state index is 11.2. The zero-order valence-corrected chi connectivity index (χ0v) is 11.9. The van der Waals surface area contributed by atoms with Crippen molar-refractivity contribution in [2.24, 2.45) is 5.73 Å². The van der Waals surface area contributed by atoms with Crippen molar-refractivity contribution in [2.45, 2.75) is 32.8 Å². The van der Waals surface area contributed by atoms with Crippen LogP contribution in [0.4, 0.5) is 4.79 Å². The Labute approximate surface area is 106 Å². The van der Waals surface area contributed by atoms with E-state index in [1.807, 2.05) is 20.8 Å². The van der Waals surface area contributed by atoms with Gasteiger partial charge in [0.1, 0.15) is 5.60 Å². The Morgan fingerprint density at radius 2 is 1.94 bits per heavy atom. The quantitative estimate of drug-likeness (QED) is 0.546.